The molecule has 2 aromatic rings. The van der Waals surface area contributed by atoms with Crippen LogP contribution in [-0.4, -0.2) is 45.5 Å². The Morgan fingerprint density at radius 3 is 2.60 bits per heavy atom. The third-order valence-corrected chi connectivity index (χ3v) is 7.74. The number of esters is 1. The summed E-state index contributed by atoms with van der Waals surface area (Å²) in [7, 11) is -1.41. The van der Waals surface area contributed by atoms with Crippen LogP contribution in [0.1, 0.15) is 11.6 Å². The normalized spacial score (nSPS) is 16.6. The predicted octanol–water partition coefficient (Wildman–Crippen LogP) is 2.37. The van der Waals surface area contributed by atoms with Crippen molar-refractivity contribution >= 4 is 44.8 Å². The van der Waals surface area contributed by atoms with Crippen molar-refractivity contribution in [3.05, 3.63) is 51.5 Å². The van der Waals surface area contributed by atoms with Gasteiger partial charge < -0.3 is 25.2 Å². The maximum atomic E-state index is 12.8. The van der Waals surface area contributed by atoms with E-state index < -0.39 is 33.6 Å². The molecule has 1 aromatic heterocycles. The molecule has 30 heavy (non-hydrogen) atoms. The van der Waals surface area contributed by atoms with Crippen molar-refractivity contribution in [3.63, 3.8) is 0 Å². The Balaban J connectivity index is 2.11. The van der Waals surface area contributed by atoms with Crippen LogP contribution in [0.15, 0.2) is 45.8 Å². The molecule has 0 radical (unpaired) electrons. The third kappa shape index (κ3) is 4.37. The summed E-state index contributed by atoms with van der Waals surface area (Å²) < 4.78 is 35.8. The molecule has 0 fully saturated rings. The number of methoxy groups -OCH3 is 2. The highest BCUT2D eigenvalue weighted by molar-refractivity contribution is 7.93. The lowest BCUT2D eigenvalue weighted by molar-refractivity contribution is -0.136. The first-order valence-corrected chi connectivity index (χ1v) is 11.2. The van der Waals surface area contributed by atoms with Crippen molar-refractivity contribution in [2.45, 2.75) is 10.3 Å². The summed E-state index contributed by atoms with van der Waals surface area (Å²) in [5, 5.41) is 14.8. The largest absolute Gasteiger partial charge is 0.504 e. The fourth-order valence-corrected chi connectivity index (χ4v) is 5.83. The zero-order valence-electron chi connectivity index (χ0n) is 15.8. The number of phenols is 1. The Labute approximate surface area is 181 Å². The van der Waals surface area contributed by atoms with Crippen molar-refractivity contribution in [2.75, 3.05) is 20.0 Å². The molecule has 0 unspecified atom stereocenters. The maximum Gasteiger partial charge on any atom is 0.338 e. The number of ether oxygens (including phenoxy) is 2. The molecule has 160 valence electrons. The molecule has 0 aliphatic carbocycles. The van der Waals surface area contributed by atoms with Crippen LogP contribution in [0, 0.1) is 0 Å². The molecular formula is C18H17ClN2O7S2. The molecule has 1 aromatic carbocycles. The van der Waals surface area contributed by atoms with E-state index in [-0.39, 0.29) is 27.0 Å². The van der Waals surface area contributed by atoms with Crippen molar-refractivity contribution in [3.8, 4) is 11.5 Å². The van der Waals surface area contributed by atoms with Crippen molar-refractivity contribution < 1.29 is 32.6 Å². The van der Waals surface area contributed by atoms with Crippen LogP contribution in [0.4, 0.5) is 4.79 Å². The van der Waals surface area contributed by atoms with Gasteiger partial charge in [0.25, 0.3) is 0 Å². The second-order valence-corrected chi connectivity index (χ2v) is 10.1. The summed E-state index contributed by atoms with van der Waals surface area (Å²) in [6, 6.07) is 5.31. The van der Waals surface area contributed by atoms with E-state index in [1.165, 1.54) is 37.4 Å². The molecule has 2 amide bonds. The maximum absolute atomic E-state index is 12.8. The molecule has 1 aliphatic heterocycles. The van der Waals surface area contributed by atoms with Crippen LogP contribution in [-0.2, 0) is 19.4 Å². The molecule has 3 rings (SSSR count). The molecule has 0 saturated heterocycles. The number of phenolic OH excluding ortho intramolecular Hbond substituents is 1. The smallest absolute Gasteiger partial charge is 0.338 e. The first kappa shape index (κ1) is 21.9. The number of carbonyl (C=O) groups is 2. The number of sulfone groups is 1. The molecule has 2 heterocycles. The van der Waals surface area contributed by atoms with Crippen LogP contribution in [0.3, 0.4) is 0 Å². The molecule has 0 saturated carbocycles. The van der Waals surface area contributed by atoms with Crippen molar-refractivity contribution in [1.82, 2.24) is 10.6 Å². The Hall–Kier alpha value is -2.76. The second kappa shape index (κ2) is 8.54. The van der Waals surface area contributed by atoms with E-state index in [0.717, 1.165) is 18.4 Å². The van der Waals surface area contributed by atoms with Gasteiger partial charge in [0.05, 0.1) is 35.9 Å². The molecule has 0 spiro atoms. The van der Waals surface area contributed by atoms with Gasteiger partial charge in [0.2, 0.25) is 0 Å². The van der Waals surface area contributed by atoms with Crippen LogP contribution in [0.5, 0.6) is 11.5 Å². The van der Waals surface area contributed by atoms with E-state index in [1.807, 2.05) is 0 Å². The van der Waals surface area contributed by atoms with E-state index >= 15 is 0 Å². The Morgan fingerprint density at radius 1 is 1.27 bits per heavy atom. The van der Waals surface area contributed by atoms with Gasteiger partial charge in [-0.15, -0.1) is 11.3 Å². The van der Waals surface area contributed by atoms with E-state index in [1.54, 1.807) is 0 Å². The van der Waals surface area contributed by atoms with Gasteiger partial charge in [-0.25, -0.2) is 18.0 Å². The minimum absolute atomic E-state index is 0.000139. The Bertz CT molecular complexity index is 1140. The standard InChI is InChI=1S/C18H17ClN2O7S2/c1-27-12-7-9(3-4-11(12)22)16-15(17(23)28-2)10(20-18(24)21-16)8-30(25,26)14-6-5-13(19)29-14/h3-7,16,22H,8H2,1-2H3,(H2,20,21,24)/t16-/m1/s1. The summed E-state index contributed by atoms with van der Waals surface area (Å²) in [5.74, 6) is -1.49. The van der Waals surface area contributed by atoms with Gasteiger partial charge in [-0.3, -0.25) is 0 Å². The first-order chi connectivity index (χ1) is 14.2. The molecule has 0 bridgehead atoms. The summed E-state index contributed by atoms with van der Waals surface area (Å²) in [5.41, 5.74) is 0.178. The van der Waals surface area contributed by atoms with Gasteiger partial charge in [-0.2, -0.15) is 0 Å². The SMILES string of the molecule is COC(=O)C1=C(CS(=O)(=O)c2ccc(Cl)s2)NC(=O)N[C@@H]1c1ccc(O)c(OC)c1. The van der Waals surface area contributed by atoms with Gasteiger partial charge in [0, 0.05) is 5.70 Å². The lowest BCUT2D eigenvalue weighted by atomic mass is 9.95. The lowest BCUT2D eigenvalue weighted by Gasteiger charge is -2.29. The van der Waals surface area contributed by atoms with Crippen LogP contribution in [0.2, 0.25) is 4.34 Å². The molecule has 1 aliphatic rings. The number of urea groups is 1. The van der Waals surface area contributed by atoms with Gasteiger partial charge in [0.1, 0.15) is 4.21 Å². The average molecular weight is 473 g/mol. The third-order valence-electron chi connectivity index (χ3n) is 4.29. The number of hydrogen-bond acceptors (Lipinski definition) is 8. The van der Waals surface area contributed by atoms with Gasteiger partial charge in [-0.05, 0) is 29.8 Å². The summed E-state index contributed by atoms with van der Waals surface area (Å²) in [6.45, 7) is 0. The minimum Gasteiger partial charge on any atom is -0.504 e. The Morgan fingerprint density at radius 2 is 2.00 bits per heavy atom. The number of rotatable bonds is 6. The quantitative estimate of drug-likeness (QED) is 0.550. The van der Waals surface area contributed by atoms with Crippen LogP contribution >= 0.6 is 22.9 Å². The minimum atomic E-state index is -3.90. The van der Waals surface area contributed by atoms with Gasteiger partial charge in [0.15, 0.2) is 21.3 Å². The summed E-state index contributed by atoms with van der Waals surface area (Å²) in [4.78, 5) is 24.8. The fourth-order valence-electron chi connectivity index (χ4n) is 2.93. The van der Waals surface area contributed by atoms with Crippen LogP contribution in [0.25, 0.3) is 0 Å². The average Bonchev–Trinajstić information content (AvgIpc) is 3.14. The highest BCUT2D eigenvalue weighted by Crippen LogP contribution is 2.35. The van der Waals surface area contributed by atoms with E-state index in [2.05, 4.69) is 10.6 Å². The van der Waals surface area contributed by atoms with E-state index in [4.69, 9.17) is 21.1 Å². The number of nitrogens with one attached hydrogen (secondary N) is 2. The number of hydrogen-bond donors (Lipinski definition) is 3. The number of halogens is 1. The zero-order chi connectivity index (χ0) is 22.1. The highest BCUT2D eigenvalue weighted by Gasteiger charge is 2.36. The monoisotopic (exact) mass is 472 g/mol. The van der Waals surface area contributed by atoms with Gasteiger partial charge >= 0.3 is 12.0 Å². The molecular weight excluding hydrogens is 456 g/mol. The number of carbonyl (C=O) groups excluding carboxylic acids is 2. The molecule has 1 atom stereocenters. The topological polar surface area (TPSA) is 131 Å². The van der Waals surface area contributed by atoms with Crippen molar-refractivity contribution in [2.24, 2.45) is 0 Å². The second-order valence-electron chi connectivity index (χ2n) is 6.16. The fraction of sp³-hybridized carbons (Fsp3) is 0.222. The number of amides is 2. The number of aromatic hydroxyl groups is 1. The first-order valence-electron chi connectivity index (χ1n) is 8.40. The molecule has 3 N–H and O–H groups in total. The number of thiophene rings is 1. The van der Waals surface area contributed by atoms with E-state index in [0.29, 0.717) is 9.90 Å². The zero-order valence-corrected chi connectivity index (χ0v) is 18.2. The Kier molecular flexibility index (Phi) is 6.25. The lowest BCUT2D eigenvalue weighted by Crippen LogP contribution is -2.47. The molecule has 12 heteroatoms. The van der Waals surface area contributed by atoms with E-state index in [9.17, 15) is 23.1 Å². The summed E-state index contributed by atoms with van der Waals surface area (Å²) >= 11 is 6.70. The van der Waals surface area contributed by atoms with Crippen LogP contribution < -0.4 is 15.4 Å². The van der Waals surface area contributed by atoms with Gasteiger partial charge in [-0.1, -0.05) is 17.7 Å². The highest BCUT2D eigenvalue weighted by atomic mass is 35.5. The molecule has 9 nitrogen and oxygen atoms in total. The summed E-state index contributed by atoms with van der Waals surface area (Å²) in [6.07, 6.45) is 0. The van der Waals surface area contributed by atoms with Crippen molar-refractivity contribution in [1.29, 1.82) is 0 Å². The predicted molar refractivity (Wildman–Crippen MR) is 109 cm³/mol. The number of benzene rings is 1.